The van der Waals surface area contributed by atoms with Crippen molar-refractivity contribution in [2.45, 2.75) is 32.0 Å². The molecule has 1 aliphatic rings. The Bertz CT molecular complexity index is 1850. The Hall–Kier alpha value is -4.99. The van der Waals surface area contributed by atoms with Gasteiger partial charge in [-0.05, 0) is 35.9 Å². The van der Waals surface area contributed by atoms with Crippen molar-refractivity contribution >= 4 is 27.6 Å². The van der Waals surface area contributed by atoms with Crippen molar-refractivity contribution < 1.29 is 0 Å². The molecule has 0 aliphatic carbocycles. The molecule has 1 atom stereocenters. The molecular weight excluding hydrogens is 488 g/mol. The topological polar surface area (TPSA) is 130 Å². The summed E-state index contributed by atoms with van der Waals surface area (Å²) < 4.78 is 3.39. The summed E-state index contributed by atoms with van der Waals surface area (Å²) in [7, 11) is 0. The molecule has 192 valence electrons. The summed E-state index contributed by atoms with van der Waals surface area (Å²) in [6, 6.07) is 21.7. The van der Waals surface area contributed by atoms with Gasteiger partial charge in [0.2, 0.25) is 0 Å². The Morgan fingerprint density at radius 1 is 1.00 bits per heavy atom. The Kier molecular flexibility index (Phi) is 6.28. The zero-order valence-corrected chi connectivity index (χ0v) is 21.3. The lowest BCUT2D eigenvalue weighted by molar-refractivity contribution is 0.498. The first kappa shape index (κ1) is 24.4. The fourth-order valence-electron chi connectivity index (χ4n) is 5.56. The van der Waals surface area contributed by atoms with Crippen molar-refractivity contribution in [1.82, 2.24) is 19.1 Å². The van der Waals surface area contributed by atoms with Gasteiger partial charge in [-0.2, -0.15) is 10.5 Å². The second kappa shape index (κ2) is 10.1. The van der Waals surface area contributed by atoms with E-state index >= 15 is 0 Å². The number of nitrogens with two attached hydrogens (primary N) is 1. The quantitative estimate of drug-likeness (QED) is 0.380. The fraction of sp³-hybridized carbons (Fsp3) is 0.233. The smallest absolute Gasteiger partial charge is 0.278 e. The number of aromatic nitrogens is 4. The number of pyridine rings is 1. The van der Waals surface area contributed by atoms with E-state index in [0.29, 0.717) is 41.1 Å². The average molecular weight is 515 g/mol. The second-order valence-electron chi connectivity index (χ2n) is 9.87. The molecule has 0 spiro atoms. The number of nitrogens with zero attached hydrogens (tertiary/aromatic N) is 7. The third-order valence-corrected chi connectivity index (χ3v) is 7.41. The summed E-state index contributed by atoms with van der Waals surface area (Å²) in [5.41, 5.74) is 9.11. The van der Waals surface area contributed by atoms with Gasteiger partial charge in [0.25, 0.3) is 5.56 Å². The summed E-state index contributed by atoms with van der Waals surface area (Å²) in [6.45, 7) is 1.76. The average Bonchev–Trinajstić information content (AvgIpc) is 3.28. The molecule has 0 saturated carbocycles. The molecule has 0 amide bonds. The standard InChI is InChI=1S/C30H26N8O/c31-14-21-7-1-2-8-22(21)16-38-28-27(25(15-32)29(38)36-13-5-9-23(33)17-36)35-19-37(30(28)39)18-26-24-10-4-3-6-20(24)11-12-34-26/h1-4,6-8,10-12,19,23H,5,9,13,16-18,33H2. The second-order valence-corrected chi connectivity index (χ2v) is 9.87. The zero-order chi connectivity index (χ0) is 26.9. The molecule has 1 aliphatic heterocycles. The fourth-order valence-corrected chi connectivity index (χ4v) is 5.56. The number of piperidine rings is 1. The Morgan fingerprint density at radius 2 is 1.82 bits per heavy atom. The van der Waals surface area contributed by atoms with Crippen molar-refractivity contribution in [3.05, 3.63) is 99.9 Å². The van der Waals surface area contributed by atoms with Gasteiger partial charge in [-0.3, -0.25) is 14.3 Å². The van der Waals surface area contributed by atoms with Gasteiger partial charge in [-0.1, -0.05) is 42.5 Å². The van der Waals surface area contributed by atoms with Crippen LogP contribution < -0.4 is 16.2 Å². The van der Waals surface area contributed by atoms with Crippen LogP contribution in [-0.2, 0) is 13.1 Å². The molecule has 3 aromatic heterocycles. The van der Waals surface area contributed by atoms with Crippen LogP contribution in [0.2, 0.25) is 0 Å². The van der Waals surface area contributed by atoms with Crippen LogP contribution in [0, 0.1) is 22.7 Å². The summed E-state index contributed by atoms with van der Waals surface area (Å²) in [5, 5.41) is 22.0. The van der Waals surface area contributed by atoms with Crippen molar-refractivity contribution in [3.63, 3.8) is 0 Å². The van der Waals surface area contributed by atoms with Gasteiger partial charge in [0, 0.05) is 30.7 Å². The molecule has 4 heterocycles. The maximum Gasteiger partial charge on any atom is 0.278 e. The number of fused-ring (bicyclic) bond motifs is 2. The van der Waals surface area contributed by atoms with Gasteiger partial charge in [-0.15, -0.1) is 0 Å². The Labute approximate surface area is 225 Å². The normalized spacial score (nSPS) is 15.4. The van der Waals surface area contributed by atoms with E-state index in [1.807, 2.05) is 53.1 Å². The number of rotatable bonds is 5. The van der Waals surface area contributed by atoms with E-state index in [2.05, 4.69) is 27.0 Å². The third kappa shape index (κ3) is 4.29. The van der Waals surface area contributed by atoms with Crippen molar-refractivity contribution in [2.75, 3.05) is 18.0 Å². The van der Waals surface area contributed by atoms with Gasteiger partial charge in [0.1, 0.15) is 28.5 Å². The molecule has 2 N–H and O–H groups in total. The molecule has 5 aromatic rings. The lowest BCUT2D eigenvalue weighted by atomic mass is 10.1. The summed E-state index contributed by atoms with van der Waals surface area (Å²) >= 11 is 0. The molecule has 1 saturated heterocycles. The van der Waals surface area contributed by atoms with Crippen molar-refractivity contribution in [2.24, 2.45) is 5.73 Å². The number of nitriles is 2. The number of hydrogen-bond acceptors (Lipinski definition) is 7. The van der Waals surface area contributed by atoms with E-state index < -0.39 is 0 Å². The van der Waals surface area contributed by atoms with Crippen LogP contribution in [0.15, 0.2) is 71.9 Å². The van der Waals surface area contributed by atoms with Gasteiger partial charge in [0.15, 0.2) is 0 Å². The molecule has 9 heteroatoms. The lowest BCUT2D eigenvalue weighted by Crippen LogP contribution is -2.44. The van der Waals surface area contributed by atoms with Crippen LogP contribution in [0.4, 0.5) is 5.82 Å². The maximum atomic E-state index is 14.1. The molecular formula is C30H26N8O. The van der Waals surface area contributed by atoms with Crippen LogP contribution in [0.5, 0.6) is 0 Å². The predicted molar refractivity (Wildman–Crippen MR) is 149 cm³/mol. The molecule has 1 unspecified atom stereocenters. The van der Waals surface area contributed by atoms with E-state index in [4.69, 9.17) is 5.73 Å². The molecule has 2 aromatic carbocycles. The zero-order valence-electron chi connectivity index (χ0n) is 21.3. The van der Waals surface area contributed by atoms with Crippen LogP contribution in [0.25, 0.3) is 21.8 Å². The van der Waals surface area contributed by atoms with E-state index in [-0.39, 0.29) is 24.7 Å². The summed E-state index contributed by atoms with van der Waals surface area (Å²) in [6.07, 6.45) is 5.02. The van der Waals surface area contributed by atoms with Gasteiger partial charge in [0.05, 0.1) is 36.7 Å². The van der Waals surface area contributed by atoms with Crippen LogP contribution >= 0.6 is 0 Å². The van der Waals surface area contributed by atoms with Crippen LogP contribution in [-0.4, -0.2) is 38.2 Å². The summed E-state index contributed by atoms with van der Waals surface area (Å²) in [4.78, 5) is 25.4. The van der Waals surface area contributed by atoms with Gasteiger partial charge in [-0.25, -0.2) is 4.98 Å². The highest BCUT2D eigenvalue weighted by atomic mass is 16.1. The molecule has 1 fully saturated rings. The van der Waals surface area contributed by atoms with E-state index in [1.54, 1.807) is 12.3 Å². The van der Waals surface area contributed by atoms with Gasteiger partial charge < -0.3 is 15.2 Å². The minimum atomic E-state index is -0.270. The van der Waals surface area contributed by atoms with Crippen LogP contribution in [0.3, 0.4) is 0 Å². The molecule has 39 heavy (non-hydrogen) atoms. The lowest BCUT2D eigenvalue weighted by Gasteiger charge is -2.33. The highest BCUT2D eigenvalue weighted by Gasteiger charge is 2.29. The van der Waals surface area contributed by atoms with Crippen molar-refractivity contribution in [1.29, 1.82) is 10.5 Å². The molecule has 0 bridgehead atoms. The Morgan fingerprint density at radius 3 is 2.64 bits per heavy atom. The monoisotopic (exact) mass is 514 g/mol. The Balaban J connectivity index is 1.57. The van der Waals surface area contributed by atoms with E-state index in [9.17, 15) is 15.3 Å². The predicted octanol–water partition coefficient (Wildman–Crippen LogP) is 3.51. The SMILES string of the molecule is N#Cc1ccccc1Cn1c(N2CCCC(N)C2)c(C#N)c2ncn(Cc3nccc4ccccc34)c(=O)c21. The highest BCUT2D eigenvalue weighted by Crippen LogP contribution is 2.33. The third-order valence-electron chi connectivity index (χ3n) is 7.41. The maximum absolute atomic E-state index is 14.1. The molecule has 9 nitrogen and oxygen atoms in total. The number of anilines is 1. The van der Waals surface area contributed by atoms with Crippen molar-refractivity contribution in [3.8, 4) is 12.1 Å². The van der Waals surface area contributed by atoms with Gasteiger partial charge >= 0.3 is 0 Å². The first-order valence-electron chi connectivity index (χ1n) is 12.9. The first-order valence-corrected chi connectivity index (χ1v) is 12.9. The van der Waals surface area contributed by atoms with E-state index in [1.165, 1.54) is 10.9 Å². The minimum absolute atomic E-state index is 0.0368. The highest BCUT2D eigenvalue weighted by molar-refractivity contribution is 5.89. The van der Waals surface area contributed by atoms with E-state index in [0.717, 1.165) is 34.9 Å². The summed E-state index contributed by atoms with van der Waals surface area (Å²) in [5.74, 6) is 0.626. The first-order chi connectivity index (χ1) is 19.1. The molecule has 6 rings (SSSR count). The largest absolute Gasteiger partial charge is 0.355 e. The number of benzene rings is 2. The number of hydrogen-bond donors (Lipinski definition) is 1. The van der Waals surface area contributed by atoms with Crippen LogP contribution in [0.1, 0.15) is 35.2 Å². The minimum Gasteiger partial charge on any atom is -0.355 e. The molecule has 0 radical (unpaired) electrons.